The molecule has 0 atom stereocenters. The molecule has 0 aliphatic carbocycles. The van der Waals surface area contributed by atoms with Crippen LogP contribution in [0.15, 0.2) is 58.3 Å². The number of carbonyl (C=O) groups is 2. The Morgan fingerprint density at radius 1 is 1.05 bits per heavy atom. The number of hydrogen-bond acceptors (Lipinski definition) is 7. The summed E-state index contributed by atoms with van der Waals surface area (Å²) in [4.78, 5) is 28.8. The van der Waals surface area contributed by atoms with E-state index >= 15 is 0 Å². The summed E-state index contributed by atoms with van der Waals surface area (Å²) in [6.07, 6.45) is 6.19. The minimum Gasteiger partial charge on any atom is -0.372 e. The molecule has 2 aromatic carbocycles. The van der Waals surface area contributed by atoms with Crippen molar-refractivity contribution in [2.75, 3.05) is 24.5 Å². The van der Waals surface area contributed by atoms with E-state index in [0.29, 0.717) is 4.91 Å². The first-order chi connectivity index (χ1) is 17.6. The summed E-state index contributed by atoms with van der Waals surface area (Å²) in [7, 11) is -4.21. The molecule has 2 aromatic rings. The second-order valence-corrected chi connectivity index (χ2v) is 11.9. The van der Waals surface area contributed by atoms with Crippen LogP contribution in [0.2, 0.25) is 0 Å². The van der Waals surface area contributed by atoms with Gasteiger partial charge in [-0.15, -0.1) is 0 Å². The molecule has 0 spiro atoms. The molecule has 2 amide bonds. The minimum atomic E-state index is -4.21. The molecule has 1 aliphatic rings. The molecule has 1 heterocycles. The first-order valence-corrected chi connectivity index (χ1v) is 14.8. The number of benzene rings is 2. The smallest absolute Gasteiger partial charge is 0.266 e. The van der Waals surface area contributed by atoms with Gasteiger partial charge in [-0.05, 0) is 60.9 Å². The number of anilines is 1. The first kappa shape index (κ1) is 28.8. The molecule has 1 aliphatic heterocycles. The molecule has 1 fully saturated rings. The Morgan fingerprint density at radius 2 is 1.65 bits per heavy atom. The summed E-state index contributed by atoms with van der Waals surface area (Å²) >= 11 is 6.32. The van der Waals surface area contributed by atoms with Crippen LogP contribution in [0, 0.1) is 5.82 Å². The van der Waals surface area contributed by atoms with Crippen molar-refractivity contribution < 1.29 is 22.4 Å². The highest BCUT2D eigenvalue weighted by Gasteiger charge is 2.34. The fourth-order valence-corrected chi connectivity index (χ4v) is 5.87. The van der Waals surface area contributed by atoms with Gasteiger partial charge in [-0.3, -0.25) is 14.5 Å². The number of thioether (sulfide) groups is 1. The lowest BCUT2D eigenvalue weighted by Crippen LogP contribution is -2.41. The standard InChI is InChI=1S/C26H30FN3O4S3/c1-3-5-15-29(16-6-4-2)21-11-7-19(8-12-21)17-23-25(32)30(26(35)36-23)18-24(31)28-37(33,34)22-13-9-20(27)10-14-22/h7-14,17H,3-6,15-16,18H2,1-2H3,(H,28,31)/b23-17-. The monoisotopic (exact) mass is 563 g/mol. The molecule has 11 heteroatoms. The SMILES string of the molecule is CCCCN(CCCC)c1ccc(/C=C2\SC(=S)N(CC(=O)NS(=O)(=O)c3ccc(F)cc3)C2=O)cc1. The van der Waals surface area contributed by atoms with Crippen molar-refractivity contribution in [1.82, 2.24) is 9.62 Å². The Hall–Kier alpha value is -2.76. The van der Waals surface area contributed by atoms with E-state index in [2.05, 4.69) is 18.7 Å². The number of carbonyl (C=O) groups excluding carboxylic acids is 2. The Balaban J connectivity index is 1.66. The quantitative estimate of drug-likeness (QED) is 0.289. The molecule has 0 bridgehead atoms. The van der Waals surface area contributed by atoms with Crippen LogP contribution in [-0.4, -0.2) is 49.1 Å². The Bertz CT molecular complexity index is 1250. The zero-order valence-electron chi connectivity index (χ0n) is 20.8. The zero-order valence-corrected chi connectivity index (χ0v) is 23.2. The third-order valence-electron chi connectivity index (χ3n) is 5.67. The molecular formula is C26H30FN3O4S3. The van der Waals surface area contributed by atoms with Crippen molar-refractivity contribution in [3.05, 3.63) is 64.8 Å². The zero-order chi connectivity index (χ0) is 27.0. The Morgan fingerprint density at radius 3 is 2.22 bits per heavy atom. The van der Waals surface area contributed by atoms with Crippen LogP contribution in [0.3, 0.4) is 0 Å². The summed E-state index contributed by atoms with van der Waals surface area (Å²) in [5.74, 6) is -2.00. The number of thiocarbonyl (C=S) groups is 1. The van der Waals surface area contributed by atoms with Gasteiger partial charge >= 0.3 is 0 Å². The number of halogens is 1. The summed E-state index contributed by atoms with van der Waals surface area (Å²) < 4.78 is 39.9. The van der Waals surface area contributed by atoms with Crippen LogP contribution in [-0.2, 0) is 19.6 Å². The molecule has 0 unspecified atom stereocenters. The third kappa shape index (κ3) is 7.86. The number of nitrogens with zero attached hydrogens (tertiary/aromatic N) is 2. The second-order valence-electron chi connectivity index (χ2n) is 8.54. The van der Waals surface area contributed by atoms with Crippen LogP contribution < -0.4 is 9.62 Å². The lowest BCUT2D eigenvalue weighted by molar-refractivity contribution is -0.127. The van der Waals surface area contributed by atoms with E-state index in [1.807, 2.05) is 29.0 Å². The van der Waals surface area contributed by atoms with Crippen molar-refractivity contribution in [2.45, 2.75) is 44.4 Å². The molecule has 1 N–H and O–H groups in total. The molecule has 3 rings (SSSR count). The van der Waals surface area contributed by atoms with Gasteiger partial charge in [0.1, 0.15) is 16.7 Å². The molecule has 37 heavy (non-hydrogen) atoms. The van der Waals surface area contributed by atoms with Gasteiger partial charge in [0.2, 0.25) is 0 Å². The van der Waals surface area contributed by atoms with Gasteiger partial charge in [0.15, 0.2) is 0 Å². The third-order valence-corrected chi connectivity index (χ3v) is 8.43. The number of hydrogen-bond donors (Lipinski definition) is 1. The van der Waals surface area contributed by atoms with Crippen molar-refractivity contribution in [3.63, 3.8) is 0 Å². The largest absolute Gasteiger partial charge is 0.372 e. The Kier molecular flexibility index (Phi) is 10.2. The van der Waals surface area contributed by atoms with Crippen LogP contribution in [0.4, 0.5) is 10.1 Å². The van der Waals surface area contributed by atoms with Crippen LogP contribution in [0.1, 0.15) is 45.1 Å². The van der Waals surface area contributed by atoms with E-state index in [-0.39, 0.29) is 9.22 Å². The van der Waals surface area contributed by atoms with Crippen LogP contribution in [0.5, 0.6) is 0 Å². The van der Waals surface area contributed by atoms with Gasteiger partial charge in [0.25, 0.3) is 21.8 Å². The fourth-order valence-electron chi connectivity index (χ4n) is 3.64. The van der Waals surface area contributed by atoms with Crippen molar-refractivity contribution in [1.29, 1.82) is 0 Å². The summed E-state index contributed by atoms with van der Waals surface area (Å²) in [6, 6.07) is 12.0. The minimum absolute atomic E-state index is 0.160. The predicted octanol–water partition coefficient (Wildman–Crippen LogP) is 4.94. The molecule has 1 saturated heterocycles. The predicted molar refractivity (Wildman–Crippen MR) is 150 cm³/mol. The maximum absolute atomic E-state index is 13.1. The second kappa shape index (κ2) is 13.2. The molecule has 0 aromatic heterocycles. The van der Waals surface area contributed by atoms with Crippen molar-refractivity contribution in [3.8, 4) is 0 Å². The van der Waals surface area contributed by atoms with Crippen LogP contribution in [0.25, 0.3) is 6.08 Å². The highest BCUT2D eigenvalue weighted by molar-refractivity contribution is 8.26. The maximum Gasteiger partial charge on any atom is 0.266 e. The number of unbranched alkanes of at least 4 members (excludes halogenated alkanes) is 2. The van der Waals surface area contributed by atoms with Crippen molar-refractivity contribution >= 4 is 61.9 Å². The maximum atomic E-state index is 13.1. The molecule has 7 nitrogen and oxygen atoms in total. The van der Waals surface area contributed by atoms with E-state index in [1.54, 1.807) is 6.08 Å². The molecule has 198 valence electrons. The normalized spacial score (nSPS) is 14.9. The topological polar surface area (TPSA) is 86.8 Å². The highest BCUT2D eigenvalue weighted by atomic mass is 32.2. The fraction of sp³-hybridized carbons (Fsp3) is 0.346. The summed E-state index contributed by atoms with van der Waals surface area (Å²) in [6.45, 7) is 5.78. The van der Waals surface area contributed by atoms with E-state index < -0.39 is 34.2 Å². The number of rotatable bonds is 12. The number of nitrogens with one attached hydrogen (secondary N) is 1. The molecule has 0 saturated carbocycles. The average Bonchev–Trinajstić information content (AvgIpc) is 3.12. The lowest BCUT2D eigenvalue weighted by atomic mass is 10.1. The molecular weight excluding hydrogens is 534 g/mol. The van der Waals surface area contributed by atoms with Crippen molar-refractivity contribution in [2.24, 2.45) is 0 Å². The average molecular weight is 564 g/mol. The van der Waals surface area contributed by atoms with Gasteiger partial charge in [-0.25, -0.2) is 17.5 Å². The first-order valence-electron chi connectivity index (χ1n) is 12.1. The van der Waals surface area contributed by atoms with Gasteiger partial charge < -0.3 is 4.90 Å². The van der Waals surface area contributed by atoms with E-state index in [1.165, 1.54) is 0 Å². The van der Waals surface area contributed by atoms with Gasteiger partial charge in [0, 0.05) is 18.8 Å². The Labute approximate surface area is 227 Å². The summed E-state index contributed by atoms with van der Waals surface area (Å²) in [5.41, 5.74) is 1.95. The lowest BCUT2D eigenvalue weighted by Gasteiger charge is -2.24. The highest BCUT2D eigenvalue weighted by Crippen LogP contribution is 2.32. The molecule has 0 radical (unpaired) electrons. The van der Waals surface area contributed by atoms with E-state index in [0.717, 1.165) is 91.0 Å². The van der Waals surface area contributed by atoms with Gasteiger partial charge in [-0.2, -0.15) is 0 Å². The number of sulfonamides is 1. The van der Waals surface area contributed by atoms with E-state index in [9.17, 15) is 22.4 Å². The van der Waals surface area contributed by atoms with Gasteiger partial charge in [0.05, 0.1) is 9.80 Å². The number of amides is 2. The summed E-state index contributed by atoms with van der Waals surface area (Å²) in [5, 5.41) is 0. The van der Waals surface area contributed by atoms with E-state index in [4.69, 9.17) is 12.2 Å². The van der Waals surface area contributed by atoms with Crippen LogP contribution >= 0.6 is 24.0 Å². The van der Waals surface area contributed by atoms with Gasteiger partial charge in [-0.1, -0.05) is 62.8 Å².